The number of benzene rings is 2. The van der Waals surface area contributed by atoms with Crippen molar-refractivity contribution in [2.75, 3.05) is 0 Å². The Morgan fingerprint density at radius 2 is 1.14 bits per heavy atom. The summed E-state index contributed by atoms with van der Waals surface area (Å²) in [6.07, 6.45) is 0. The lowest BCUT2D eigenvalue weighted by atomic mass is 10.0. The Morgan fingerprint density at radius 3 is 1.55 bits per heavy atom. The average molecular weight is 331 g/mol. The predicted molar refractivity (Wildman–Crippen MR) is 99.4 cm³/mol. The van der Waals surface area contributed by atoms with E-state index >= 15 is 0 Å². The molecule has 0 N–H and O–H groups in total. The van der Waals surface area contributed by atoms with Crippen LogP contribution >= 0.6 is 11.8 Å². The largest absolute Gasteiger partial charge is 0.211 e. The molecule has 0 saturated heterocycles. The molecule has 0 amide bonds. The molecular weight excluding hydrogens is 308 g/mol. The van der Waals surface area contributed by atoms with Crippen LogP contribution in [0, 0.1) is 41.5 Å². The second-order valence-corrected chi connectivity index (χ2v) is 7.83. The van der Waals surface area contributed by atoms with Gasteiger partial charge >= 0.3 is 0 Å². The quantitative estimate of drug-likeness (QED) is 0.568. The third-order valence-corrected chi connectivity index (χ3v) is 5.80. The van der Waals surface area contributed by atoms with Crippen LogP contribution in [0.3, 0.4) is 0 Å². The van der Waals surface area contributed by atoms with Crippen molar-refractivity contribution in [1.82, 2.24) is 0 Å². The van der Waals surface area contributed by atoms with E-state index in [1.54, 1.807) is 11.8 Å². The third-order valence-electron chi connectivity index (χ3n) is 3.76. The molecule has 0 heterocycles. The first-order valence-corrected chi connectivity index (χ1v) is 8.90. The Morgan fingerprint density at radius 1 is 0.727 bits per heavy atom. The fraction of sp³-hybridized carbons (Fsp3) is 0.316. The Bertz CT molecular complexity index is 738. The molecule has 2 aromatic rings. The van der Waals surface area contributed by atoms with Gasteiger partial charge in [-0.05, 0) is 63.8 Å². The highest BCUT2D eigenvalue weighted by atomic mass is 32.2. The van der Waals surface area contributed by atoms with Crippen LogP contribution in [0.15, 0.2) is 29.2 Å². The summed E-state index contributed by atoms with van der Waals surface area (Å²) in [5, 5.41) is 0. The first kappa shape index (κ1) is 17.0. The molecule has 0 fully saturated rings. The molecule has 0 aliphatic carbocycles. The lowest BCUT2D eigenvalue weighted by molar-refractivity contribution is 0.701. The lowest BCUT2D eigenvalue weighted by Gasteiger charge is -2.15. The van der Waals surface area contributed by atoms with E-state index in [0.29, 0.717) is 11.3 Å². The van der Waals surface area contributed by atoms with Crippen molar-refractivity contribution in [3.8, 4) is 0 Å². The minimum absolute atomic E-state index is 0.603. The second-order valence-electron chi connectivity index (χ2n) is 5.97. The molecule has 0 unspecified atom stereocenters. The standard InChI is InChI=1S/C19H22OS2/c1-11-7-13(3)17(14(4)8-11)19(22-20)21-18-15(5)9-12(2)10-16(18)6/h7-10H,1-6H3. The Hall–Kier alpha value is -1.32. The van der Waals surface area contributed by atoms with Gasteiger partial charge in [0.05, 0.1) is 0 Å². The van der Waals surface area contributed by atoms with Gasteiger partial charge < -0.3 is 0 Å². The zero-order valence-corrected chi connectivity index (χ0v) is 15.7. The van der Waals surface area contributed by atoms with Gasteiger partial charge in [0.1, 0.15) is 15.5 Å². The average Bonchev–Trinajstić information content (AvgIpc) is 2.39. The molecule has 2 rings (SSSR count). The van der Waals surface area contributed by atoms with Crippen molar-refractivity contribution < 1.29 is 4.21 Å². The molecule has 0 spiro atoms. The Balaban J connectivity index is 2.51. The number of rotatable bonds is 2. The highest BCUT2D eigenvalue weighted by molar-refractivity contribution is 8.21. The molecule has 0 radical (unpaired) electrons. The van der Waals surface area contributed by atoms with Gasteiger partial charge in [-0.25, -0.2) is 4.21 Å². The zero-order chi connectivity index (χ0) is 16.4. The van der Waals surface area contributed by atoms with Crippen molar-refractivity contribution in [1.29, 1.82) is 0 Å². The lowest BCUT2D eigenvalue weighted by Crippen LogP contribution is -2.04. The highest BCUT2D eigenvalue weighted by Gasteiger charge is 2.15. The summed E-state index contributed by atoms with van der Waals surface area (Å²) in [5.74, 6) is 0. The number of thioether (sulfide) groups is 1. The molecule has 1 nitrogen and oxygen atoms in total. The Labute approximate surface area is 141 Å². The summed E-state index contributed by atoms with van der Waals surface area (Å²) in [5.41, 5.74) is 8.40. The van der Waals surface area contributed by atoms with Crippen LogP contribution < -0.4 is 0 Å². The SMILES string of the molecule is Cc1cc(C)c(SC(=S=O)c2c(C)cc(C)cc2C)c(C)c1. The zero-order valence-electron chi connectivity index (χ0n) is 14.0. The molecule has 0 saturated carbocycles. The van der Waals surface area contributed by atoms with E-state index in [1.807, 2.05) is 0 Å². The maximum Gasteiger partial charge on any atom is 0.113 e. The molecule has 0 bridgehead atoms. The van der Waals surface area contributed by atoms with Gasteiger partial charge in [0.2, 0.25) is 0 Å². The van der Waals surface area contributed by atoms with Crippen molar-refractivity contribution >= 4 is 27.2 Å². The molecular formula is C19H22OS2. The molecule has 2 aromatic carbocycles. The van der Waals surface area contributed by atoms with Gasteiger partial charge in [-0.2, -0.15) is 0 Å². The molecule has 0 aliphatic rings. The van der Waals surface area contributed by atoms with Crippen LogP contribution in [-0.2, 0) is 11.3 Å². The molecule has 3 heteroatoms. The van der Waals surface area contributed by atoms with Crippen molar-refractivity contribution in [2.24, 2.45) is 0 Å². The minimum atomic E-state index is 0.603. The summed E-state index contributed by atoms with van der Waals surface area (Å²) in [4.78, 5) is 1.20. The van der Waals surface area contributed by atoms with Gasteiger partial charge in [0, 0.05) is 10.5 Å². The van der Waals surface area contributed by atoms with Crippen LogP contribution in [-0.4, -0.2) is 8.41 Å². The van der Waals surface area contributed by atoms with Crippen LogP contribution in [0.25, 0.3) is 0 Å². The van der Waals surface area contributed by atoms with Gasteiger partial charge in [-0.3, -0.25) is 0 Å². The third kappa shape index (κ3) is 3.53. The first-order chi connectivity index (χ1) is 10.3. The monoisotopic (exact) mass is 330 g/mol. The van der Waals surface area contributed by atoms with E-state index in [0.717, 1.165) is 9.76 Å². The minimum Gasteiger partial charge on any atom is -0.211 e. The van der Waals surface area contributed by atoms with E-state index in [-0.39, 0.29) is 0 Å². The van der Waals surface area contributed by atoms with Crippen LogP contribution in [0.2, 0.25) is 0 Å². The maximum absolute atomic E-state index is 11.8. The van der Waals surface area contributed by atoms with E-state index in [9.17, 15) is 4.21 Å². The van der Waals surface area contributed by atoms with Crippen molar-refractivity contribution in [3.05, 3.63) is 63.2 Å². The fourth-order valence-electron chi connectivity index (χ4n) is 3.03. The number of aryl methyl sites for hydroxylation is 6. The maximum atomic E-state index is 11.8. The van der Waals surface area contributed by atoms with E-state index < -0.39 is 0 Å². The summed E-state index contributed by atoms with van der Waals surface area (Å²) in [7, 11) is 0. The predicted octanol–water partition coefficient (Wildman–Crippen LogP) is 5.02. The van der Waals surface area contributed by atoms with Gasteiger partial charge in [0.25, 0.3) is 0 Å². The Kier molecular flexibility index (Phi) is 5.30. The number of hydrogen-bond donors (Lipinski definition) is 0. The second kappa shape index (κ2) is 6.84. The van der Waals surface area contributed by atoms with Gasteiger partial charge in [-0.15, -0.1) is 0 Å². The van der Waals surface area contributed by atoms with Crippen LogP contribution in [0.5, 0.6) is 0 Å². The first-order valence-electron chi connectivity index (χ1n) is 7.34. The number of hydrogen-bond acceptors (Lipinski definition) is 2. The summed E-state index contributed by atoms with van der Waals surface area (Å²) < 4.78 is 12.6. The molecule has 22 heavy (non-hydrogen) atoms. The smallest absolute Gasteiger partial charge is 0.113 e. The summed E-state index contributed by atoms with van der Waals surface area (Å²) >= 11 is 2.21. The van der Waals surface area contributed by atoms with Crippen LogP contribution in [0.4, 0.5) is 0 Å². The fourth-order valence-corrected chi connectivity index (χ4v) is 4.87. The van der Waals surface area contributed by atoms with Crippen molar-refractivity contribution in [3.63, 3.8) is 0 Å². The summed E-state index contributed by atoms with van der Waals surface area (Å²) in [6.45, 7) is 12.6. The van der Waals surface area contributed by atoms with E-state index in [2.05, 4.69) is 65.8 Å². The molecule has 0 aliphatic heterocycles. The highest BCUT2D eigenvalue weighted by Crippen LogP contribution is 2.32. The normalized spacial score (nSPS) is 10.6. The molecule has 0 aromatic heterocycles. The van der Waals surface area contributed by atoms with Crippen LogP contribution in [0.1, 0.15) is 38.9 Å². The van der Waals surface area contributed by atoms with Crippen molar-refractivity contribution in [2.45, 2.75) is 46.4 Å². The topological polar surface area (TPSA) is 17.1 Å². The van der Waals surface area contributed by atoms with Gasteiger partial charge in [-0.1, -0.05) is 47.2 Å². The molecule has 0 atom stereocenters. The van der Waals surface area contributed by atoms with E-state index in [4.69, 9.17) is 0 Å². The summed E-state index contributed by atoms with van der Waals surface area (Å²) in [6, 6.07) is 8.65. The molecule has 116 valence electrons. The van der Waals surface area contributed by atoms with E-state index in [1.165, 1.54) is 38.3 Å². The van der Waals surface area contributed by atoms with Gasteiger partial charge in [0.15, 0.2) is 0 Å².